The highest BCUT2D eigenvalue weighted by Gasteiger charge is 2.18. The summed E-state index contributed by atoms with van der Waals surface area (Å²) in [7, 11) is 0. The summed E-state index contributed by atoms with van der Waals surface area (Å²) in [6, 6.07) is 0.0101. The van der Waals surface area contributed by atoms with E-state index in [1.54, 1.807) is 6.08 Å². The quantitative estimate of drug-likeness (QED) is 0.428. The number of aliphatic hydroxyl groups is 2. The summed E-state index contributed by atoms with van der Waals surface area (Å²) in [4.78, 5) is 0. The van der Waals surface area contributed by atoms with Gasteiger partial charge in [-0.15, -0.1) is 0 Å². The van der Waals surface area contributed by atoms with Crippen LogP contribution in [0.4, 0.5) is 0 Å². The molecule has 0 saturated heterocycles. The minimum absolute atomic E-state index is 0.0101. The second-order valence-electron chi connectivity index (χ2n) is 2.38. The maximum atomic E-state index is 8.95. The first-order valence-electron chi connectivity index (χ1n) is 3.03. The lowest BCUT2D eigenvalue weighted by Gasteiger charge is -2.19. The number of rotatable bonds is 0. The fraction of sp³-hybridized carbons (Fsp3) is 0.667. The molecule has 0 saturated carbocycles. The maximum absolute atomic E-state index is 8.95. The average molecular weight is 129 g/mol. The Morgan fingerprint density at radius 3 is 2.78 bits per heavy atom. The molecule has 0 aliphatic heterocycles. The van der Waals surface area contributed by atoms with E-state index in [1.807, 2.05) is 0 Å². The minimum Gasteiger partial charge on any atom is -0.510 e. The van der Waals surface area contributed by atoms with Crippen molar-refractivity contribution in [1.82, 2.24) is 0 Å². The Hall–Kier alpha value is -0.540. The fourth-order valence-electron chi connectivity index (χ4n) is 0.912. The molecule has 0 aromatic rings. The summed E-state index contributed by atoms with van der Waals surface area (Å²) in [6.07, 6.45) is 1.98. The Labute approximate surface area is 53.8 Å². The highest BCUT2D eigenvalue weighted by Crippen LogP contribution is 2.14. The van der Waals surface area contributed by atoms with E-state index >= 15 is 0 Å². The lowest BCUT2D eigenvalue weighted by Crippen LogP contribution is -2.30. The first kappa shape index (κ1) is 6.58. The van der Waals surface area contributed by atoms with Crippen LogP contribution in [0, 0.1) is 0 Å². The molecule has 2 unspecified atom stereocenters. The standard InChI is InChI=1S/C6H11NO2/c7-4-1-2-5(8)6(9)3-4/h2,4,6,8-9H,1,3,7H2. The smallest absolute Gasteiger partial charge is 0.117 e. The van der Waals surface area contributed by atoms with Crippen molar-refractivity contribution in [2.45, 2.75) is 25.0 Å². The van der Waals surface area contributed by atoms with Gasteiger partial charge in [-0.1, -0.05) is 0 Å². The molecule has 0 spiro atoms. The van der Waals surface area contributed by atoms with E-state index in [4.69, 9.17) is 15.9 Å². The molecule has 4 N–H and O–H groups in total. The molecule has 0 aromatic carbocycles. The third-order valence-electron chi connectivity index (χ3n) is 1.50. The third kappa shape index (κ3) is 1.43. The van der Waals surface area contributed by atoms with E-state index in [0.29, 0.717) is 12.8 Å². The van der Waals surface area contributed by atoms with Gasteiger partial charge in [-0.2, -0.15) is 0 Å². The SMILES string of the molecule is NC1CC=C(O)C(O)C1. The van der Waals surface area contributed by atoms with Crippen molar-refractivity contribution in [3.05, 3.63) is 11.8 Å². The van der Waals surface area contributed by atoms with Gasteiger partial charge in [0.15, 0.2) is 0 Å². The van der Waals surface area contributed by atoms with E-state index in [-0.39, 0.29) is 11.8 Å². The molecule has 0 bridgehead atoms. The van der Waals surface area contributed by atoms with Crippen LogP contribution in [0.1, 0.15) is 12.8 Å². The van der Waals surface area contributed by atoms with E-state index in [0.717, 1.165) is 0 Å². The lowest BCUT2D eigenvalue weighted by atomic mass is 9.99. The molecule has 1 rings (SSSR count). The predicted molar refractivity (Wildman–Crippen MR) is 33.9 cm³/mol. The zero-order valence-electron chi connectivity index (χ0n) is 5.12. The van der Waals surface area contributed by atoms with Crippen molar-refractivity contribution in [1.29, 1.82) is 0 Å². The summed E-state index contributed by atoms with van der Waals surface area (Å²) in [5, 5.41) is 17.8. The van der Waals surface area contributed by atoms with E-state index in [9.17, 15) is 0 Å². The first-order valence-corrected chi connectivity index (χ1v) is 3.03. The highest BCUT2D eigenvalue weighted by atomic mass is 16.3. The van der Waals surface area contributed by atoms with Gasteiger partial charge in [0.1, 0.15) is 11.9 Å². The topological polar surface area (TPSA) is 66.5 Å². The largest absolute Gasteiger partial charge is 0.510 e. The van der Waals surface area contributed by atoms with Crippen molar-refractivity contribution >= 4 is 0 Å². The molecule has 0 heterocycles. The predicted octanol–water partition coefficient (Wildman–Crippen LogP) is -0.0897. The lowest BCUT2D eigenvalue weighted by molar-refractivity contribution is 0.128. The van der Waals surface area contributed by atoms with Gasteiger partial charge in [0.25, 0.3) is 0 Å². The van der Waals surface area contributed by atoms with Crippen molar-refractivity contribution in [2.75, 3.05) is 0 Å². The number of hydrogen-bond acceptors (Lipinski definition) is 3. The van der Waals surface area contributed by atoms with Crippen molar-refractivity contribution in [2.24, 2.45) is 5.73 Å². The second-order valence-corrected chi connectivity index (χ2v) is 2.38. The van der Waals surface area contributed by atoms with Crippen LogP contribution < -0.4 is 5.73 Å². The van der Waals surface area contributed by atoms with Gasteiger partial charge in [-0.05, 0) is 18.9 Å². The normalized spacial score (nSPS) is 36.0. The summed E-state index contributed by atoms with van der Waals surface area (Å²) in [5.74, 6) is 0.0664. The van der Waals surface area contributed by atoms with Crippen LogP contribution in [0.25, 0.3) is 0 Å². The molecule has 9 heavy (non-hydrogen) atoms. The van der Waals surface area contributed by atoms with Crippen LogP contribution >= 0.6 is 0 Å². The van der Waals surface area contributed by atoms with Crippen LogP contribution in [0.5, 0.6) is 0 Å². The molecule has 52 valence electrons. The van der Waals surface area contributed by atoms with Crippen LogP contribution in [-0.2, 0) is 0 Å². The third-order valence-corrected chi connectivity index (χ3v) is 1.50. The molecule has 1 aliphatic rings. The molecule has 0 aromatic heterocycles. The minimum atomic E-state index is -0.728. The Kier molecular flexibility index (Phi) is 1.73. The number of hydrogen-bond donors (Lipinski definition) is 3. The van der Waals surface area contributed by atoms with Crippen molar-refractivity contribution < 1.29 is 10.2 Å². The van der Waals surface area contributed by atoms with Crippen LogP contribution in [-0.4, -0.2) is 22.4 Å². The van der Waals surface area contributed by atoms with E-state index < -0.39 is 6.10 Å². The van der Waals surface area contributed by atoms with Gasteiger partial charge in [0.2, 0.25) is 0 Å². The molecule has 0 amide bonds. The highest BCUT2D eigenvalue weighted by molar-refractivity contribution is 5.04. The van der Waals surface area contributed by atoms with Crippen molar-refractivity contribution in [3.8, 4) is 0 Å². The summed E-state index contributed by atoms with van der Waals surface area (Å²) < 4.78 is 0. The zero-order valence-corrected chi connectivity index (χ0v) is 5.12. The van der Waals surface area contributed by atoms with Gasteiger partial charge in [0, 0.05) is 6.04 Å². The van der Waals surface area contributed by atoms with Gasteiger partial charge in [-0.3, -0.25) is 0 Å². The van der Waals surface area contributed by atoms with E-state index in [2.05, 4.69) is 0 Å². The molecule has 3 nitrogen and oxygen atoms in total. The Bertz CT molecular complexity index is 133. The van der Waals surface area contributed by atoms with Gasteiger partial charge >= 0.3 is 0 Å². The molecule has 0 fully saturated rings. The van der Waals surface area contributed by atoms with Gasteiger partial charge < -0.3 is 15.9 Å². The molecular formula is C6H11NO2. The van der Waals surface area contributed by atoms with Crippen LogP contribution in [0.15, 0.2) is 11.8 Å². The molecule has 1 aliphatic carbocycles. The van der Waals surface area contributed by atoms with Gasteiger partial charge in [-0.25, -0.2) is 0 Å². The summed E-state index contributed by atoms with van der Waals surface area (Å²) >= 11 is 0. The monoisotopic (exact) mass is 129 g/mol. The second kappa shape index (κ2) is 2.37. The molecule has 2 atom stereocenters. The molecular weight excluding hydrogens is 118 g/mol. The van der Waals surface area contributed by atoms with Crippen LogP contribution in [0.3, 0.4) is 0 Å². The molecule has 3 heteroatoms. The average Bonchev–Trinajstić information content (AvgIpc) is 1.80. The van der Waals surface area contributed by atoms with Crippen LogP contribution in [0.2, 0.25) is 0 Å². The Morgan fingerprint density at radius 1 is 1.67 bits per heavy atom. The van der Waals surface area contributed by atoms with Gasteiger partial charge in [0.05, 0.1) is 0 Å². The van der Waals surface area contributed by atoms with Crippen molar-refractivity contribution in [3.63, 3.8) is 0 Å². The zero-order chi connectivity index (χ0) is 6.85. The number of aliphatic hydroxyl groups excluding tert-OH is 2. The Morgan fingerprint density at radius 2 is 2.33 bits per heavy atom. The Balaban J connectivity index is 2.56. The van der Waals surface area contributed by atoms with E-state index in [1.165, 1.54) is 0 Å². The first-order chi connectivity index (χ1) is 4.20. The summed E-state index contributed by atoms with van der Waals surface area (Å²) in [6.45, 7) is 0. The number of nitrogens with two attached hydrogens (primary N) is 1. The summed E-state index contributed by atoms with van der Waals surface area (Å²) in [5.41, 5.74) is 5.47. The fourth-order valence-corrected chi connectivity index (χ4v) is 0.912. The maximum Gasteiger partial charge on any atom is 0.117 e. The molecule has 0 radical (unpaired) electrons.